The summed E-state index contributed by atoms with van der Waals surface area (Å²) in [5.41, 5.74) is 0.773. The van der Waals surface area contributed by atoms with E-state index in [-0.39, 0.29) is 0 Å². The lowest BCUT2D eigenvalue weighted by Crippen LogP contribution is -2.44. The quantitative estimate of drug-likeness (QED) is 0.161. The molecule has 1 aromatic heterocycles. The maximum Gasteiger partial charge on any atom is 0.490 e. The van der Waals surface area contributed by atoms with Crippen molar-refractivity contribution in [1.82, 2.24) is 14.5 Å². The van der Waals surface area contributed by atoms with Crippen LogP contribution in [0.3, 0.4) is 0 Å². The average molecular weight is 542 g/mol. The normalized spacial score (nSPS) is 29.0. The lowest BCUT2D eigenvalue weighted by Gasteiger charge is -2.23. The summed E-state index contributed by atoms with van der Waals surface area (Å²) < 4.78 is 78.4. The van der Waals surface area contributed by atoms with Gasteiger partial charge in [-0.25, -0.2) is 32.3 Å². The van der Waals surface area contributed by atoms with Gasteiger partial charge in [-0.3, -0.25) is 9.09 Å². The fourth-order valence-electron chi connectivity index (χ4n) is 2.45. The first-order valence-electron chi connectivity index (χ1n) is 8.07. The molecule has 17 nitrogen and oxygen atoms in total. The second-order valence-corrected chi connectivity index (χ2v) is 10.4. The molecule has 33 heavy (non-hydrogen) atoms. The van der Waals surface area contributed by atoms with Crippen LogP contribution in [0.15, 0.2) is 11.1 Å². The molecule has 7 N–H and O–H groups in total. The van der Waals surface area contributed by atoms with E-state index in [1.807, 2.05) is 0 Å². The standard InChI is InChI=1S/C11H15F2N4O13P3/c12-3-1-2-11(13)7(18)6(28-8(11)17-5-15-9(14)16-10(17)19)4-27-32(23,24)30-33(25,26)29-31(20,21)22/h5-8,18H,3-4H2,(H,23,24)(H,25,26)(H2,14,16,19)(H2,20,21,22)/t6-,7+,8-,11?/m1/s1. The van der Waals surface area contributed by atoms with Gasteiger partial charge in [0.15, 0.2) is 6.23 Å². The highest BCUT2D eigenvalue weighted by Crippen LogP contribution is 2.66. The van der Waals surface area contributed by atoms with Crippen LogP contribution in [0.1, 0.15) is 6.23 Å². The van der Waals surface area contributed by atoms with Gasteiger partial charge in [-0.2, -0.15) is 13.6 Å². The molecule has 6 atom stereocenters. The second-order valence-electron chi connectivity index (χ2n) is 5.97. The van der Waals surface area contributed by atoms with Crippen molar-refractivity contribution in [3.8, 4) is 11.8 Å². The van der Waals surface area contributed by atoms with Gasteiger partial charge in [-0.15, -0.1) is 0 Å². The number of aliphatic hydroxyl groups is 1. The zero-order valence-corrected chi connectivity index (χ0v) is 18.4. The van der Waals surface area contributed by atoms with Crippen LogP contribution in [0.5, 0.6) is 0 Å². The molecule has 0 saturated carbocycles. The van der Waals surface area contributed by atoms with Crippen LogP contribution in [0, 0.1) is 11.8 Å². The Bertz CT molecular complexity index is 1150. The molecular formula is C11H15F2N4O13P3. The number of nitrogens with two attached hydrogens (primary N) is 1. The van der Waals surface area contributed by atoms with Gasteiger partial charge >= 0.3 is 29.2 Å². The number of anilines is 1. The number of phosphoric ester groups is 1. The summed E-state index contributed by atoms with van der Waals surface area (Å²) in [7, 11) is -17.1. The zero-order chi connectivity index (χ0) is 25.2. The molecule has 3 unspecified atom stereocenters. The third-order valence-corrected chi connectivity index (χ3v) is 7.41. The summed E-state index contributed by atoms with van der Waals surface area (Å²) in [6.07, 6.45) is -5.80. The van der Waals surface area contributed by atoms with Crippen LogP contribution in [-0.2, 0) is 31.6 Å². The smallest absolute Gasteiger partial charge is 0.386 e. The molecule has 0 amide bonds. The van der Waals surface area contributed by atoms with Crippen molar-refractivity contribution < 1.29 is 65.0 Å². The van der Waals surface area contributed by atoms with Crippen molar-refractivity contribution in [1.29, 1.82) is 0 Å². The van der Waals surface area contributed by atoms with E-state index < -0.39 is 72.5 Å². The predicted molar refractivity (Wildman–Crippen MR) is 98.0 cm³/mol. The highest BCUT2D eigenvalue weighted by molar-refractivity contribution is 7.66. The summed E-state index contributed by atoms with van der Waals surface area (Å²) in [5, 5.41) is 10.3. The molecule has 0 spiro atoms. The molecule has 186 valence electrons. The van der Waals surface area contributed by atoms with Crippen LogP contribution >= 0.6 is 23.5 Å². The van der Waals surface area contributed by atoms with Crippen LogP contribution in [-0.4, -0.2) is 70.4 Å². The Morgan fingerprint density at radius 3 is 2.42 bits per heavy atom. The summed E-state index contributed by atoms with van der Waals surface area (Å²) in [6.45, 7) is -2.65. The van der Waals surface area contributed by atoms with E-state index in [0.717, 1.165) is 0 Å². The number of aliphatic hydroxyl groups excluding tert-OH is 1. The lowest BCUT2D eigenvalue weighted by atomic mass is 9.96. The largest absolute Gasteiger partial charge is 0.490 e. The molecule has 0 bridgehead atoms. The Morgan fingerprint density at radius 2 is 1.88 bits per heavy atom. The minimum Gasteiger partial charge on any atom is -0.386 e. The number of alkyl halides is 2. The Morgan fingerprint density at radius 1 is 1.24 bits per heavy atom. The summed E-state index contributed by atoms with van der Waals surface area (Å²) in [4.78, 5) is 54.2. The summed E-state index contributed by atoms with van der Waals surface area (Å²) in [5.74, 6) is 2.91. The molecule has 2 rings (SSSR count). The van der Waals surface area contributed by atoms with E-state index in [2.05, 4.69) is 23.1 Å². The third-order valence-electron chi connectivity index (χ3n) is 3.61. The second kappa shape index (κ2) is 9.92. The number of phosphoric acid groups is 3. The zero-order valence-electron chi connectivity index (χ0n) is 15.7. The van der Waals surface area contributed by atoms with Gasteiger partial charge in [0, 0.05) is 0 Å². The number of hydrogen-bond donors (Lipinski definition) is 6. The van der Waals surface area contributed by atoms with Gasteiger partial charge in [0.2, 0.25) is 11.6 Å². The number of aromatic nitrogens is 3. The fourth-order valence-corrected chi connectivity index (χ4v) is 5.48. The van der Waals surface area contributed by atoms with Gasteiger partial charge in [-0.1, -0.05) is 11.8 Å². The minimum atomic E-state index is -5.84. The van der Waals surface area contributed by atoms with Gasteiger partial charge in [0.1, 0.15) is 25.2 Å². The Hall–Kier alpha value is -1.64. The molecule has 1 fully saturated rings. The maximum atomic E-state index is 15.5. The lowest BCUT2D eigenvalue weighted by molar-refractivity contribution is -0.0539. The molecule has 1 aliphatic heterocycles. The topological polar surface area (TPSA) is 263 Å². The van der Waals surface area contributed by atoms with Gasteiger partial charge in [0.25, 0.3) is 0 Å². The molecule has 1 aromatic rings. The van der Waals surface area contributed by atoms with Crippen LogP contribution in [0.25, 0.3) is 0 Å². The molecule has 2 heterocycles. The number of nitrogen functional groups attached to an aromatic ring is 1. The van der Waals surface area contributed by atoms with Crippen LogP contribution < -0.4 is 11.4 Å². The predicted octanol–water partition coefficient (Wildman–Crippen LogP) is -1.50. The van der Waals surface area contributed by atoms with E-state index in [4.69, 9.17) is 25.2 Å². The number of halogens is 2. The first-order chi connectivity index (χ1) is 15.0. The molecule has 0 aromatic carbocycles. The molecular weight excluding hydrogens is 527 g/mol. The Labute approximate surface area is 181 Å². The van der Waals surface area contributed by atoms with E-state index in [1.54, 1.807) is 11.8 Å². The SMILES string of the molecule is Nc1ncn([C@@H]2O[C@H](COP(=O)(O)OP(=O)(O)OP(=O)(O)O)[C@H](O)C2(F)C#CCF)c(=O)n1. The van der Waals surface area contributed by atoms with Crippen molar-refractivity contribution in [3.05, 3.63) is 16.8 Å². The van der Waals surface area contributed by atoms with Crippen LogP contribution in [0.2, 0.25) is 0 Å². The van der Waals surface area contributed by atoms with Crippen molar-refractivity contribution in [2.75, 3.05) is 19.0 Å². The van der Waals surface area contributed by atoms with Crippen LogP contribution in [0.4, 0.5) is 14.7 Å². The average Bonchev–Trinajstić information content (AvgIpc) is 2.87. The molecule has 1 aliphatic rings. The van der Waals surface area contributed by atoms with Crippen molar-refractivity contribution in [2.45, 2.75) is 24.1 Å². The maximum absolute atomic E-state index is 15.5. The fraction of sp³-hybridized carbons (Fsp3) is 0.545. The highest BCUT2D eigenvalue weighted by Gasteiger charge is 2.58. The monoisotopic (exact) mass is 542 g/mol. The summed E-state index contributed by atoms with van der Waals surface area (Å²) in [6, 6.07) is 0. The number of hydrogen-bond acceptors (Lipinski definition) is 12. The van der Waals surface area contributed by atoms with Gasteiger partial charge < -0.3 is 35.2 Å². The molecule has 22 heteroatoms. The summed E-state index contributed by atoms with van der Waals surface area (Å²) >= 11 is 0. The molecule has 0 aliphatic carbocycles. The Balaban J connectivity index is 2.26. The first-order valence-corrected chi connectivity index (χ1v) is 12.6. The van der Waals surface area contributed by atoms with Crippen molar-refractivity contribution in [2.24, 2.45) is 0 Å². The molecule has 0 radical (unpaired) electrons. The Kier molecular flexibility index (Phi) is 8.30. The van der Waals surface area contributed by atoms with Gasteiger partial charge in [-0.05, 0) is 0 Å². The third kappa shape index (κ3) is 7.17. The number of nitrogens with zero attached hydrogens (tertiary/aromatic N) is 3. The number of rotatable bonds is 8. The van der Waals surface area contributed by atoms with E-state index in [9.17, 15) is 32.9 Å². The van der Waals surface area contributed by atoms with Crippen molar-refractivity contribution >= 4 is 29.4 Å². The van der Waals surface area contributed by atoms with E-state index >= 15 is 4.39 Å². The highest BCUT2D eigenvalue weighted by atomic mass is 31.3. The minimum absolute atomic E-state index is 0.386. The number of ether oxygens (including phenoxy) is 1. The molecule has 1 saturated heterocycles. The van der Waals surface area contributed by atoms with Gasteiger partial charge in [0.05, 0.1) is 6.61 Å². The first kappa shape index (κ1) is 27.6. The van der Waals surface area contributed by atoms with E-state index in [1.165, 1.54) is 0 Å². The van der Waals surface area contributed by atoms with Crippen molar-refractivity contribution in [3.63, 3.8) is 0 Å². The van der Waals surface area contributed by atoms with E-state index in [0.29, 0.717) is 10.9 Å².